The summed E-state index contributed by atoms with van der Waals surface area (Å²) in [6.07, 6.45) is -2.04. The molecule has 0 amide bonds. The Labute approximate surface area is 283 Å². The van der Waals surface area contributed by atoms with Gasteiger partial charge in [0, 0.05) is 0 Å². The summed E-state index contributed by atoms with van der Waals surface area (Å²) in [5.41, 5.74) is 4.38. The normalized spacial score (nSPS) is 24.5. The zero-order valence-corrected chi connectivity index (χ0v) is 27.0. The quantitative estimate of drug-likeness (QED) is 0.103. The van der Waals surface area contributed by atoms with Gasteiger partial charge in [0.1, 0.15) is 36.1 Å². The number of hydrogen-bond donors (Lipinski definition) is 0. The molecule has 6 atom stereocenters. The summed E-state index contributed by atoms with van der Waals surface area (Å²) >= 11 is 0. The molecule has 1 saturated carbocycles. The highest BCUT2D eigenvalue weighted by atomic mass is 16.7. The van der Waals surface area contributed by atoms with Crippen molar-refractivity contribution in [3.8, 4) is 0 Å². The molecule has 1 aliphatic heterocycles. The summed E-state index contributed by atoms with van der Waals surface area (Å²) in [6.45, 7) is 2.24. The van der Waals surface area contributed by atoms with Crippen LogP contribution in [0.3, 0.4) is 0 Å². The fourth-order valence-electron chi connectivity index (χ4n) is 6.53. The second-order valence-corrected chi connectivity index (χ2v) is 12.5. The molecule has 2 fully saturated rings. The number of hydrogen-bond acceptors (Lipinski definition) is 6. The second kappa shape index (κ2) is 15.8. The Kier molecular flexibility index (Phi) is 10.7. The van der Waals surface area contributed by atoms with Gasteiger partial charge in [-0.15, -0.1) is 0 Å². The summed E-state index contributed by atoms with van der Waals surface area (Å²) < 4.78 is 40.7. The third-order valence-electron chi connectivity index (χ3n) is 9.07. The van der Waals surface area contributed by atoms with Gasteiger partial charge in [-0.05, 0) is 27.8 Å². The van der Waals surface area contributed by atoms with Gasteiger partial charge < -0.3 is 28.4 Å². The minimum atomic E-state index is -0.974. The Balaban J connectivity index is 1.24. The fraction of sp³-hybridized carbons (Fsp3) is 0.286. The largest absolute Gasteiger partial charge is 0.374 e. The van der Waals surface area contributed by atoms with Crippen molar-refractivity contribution in [3.05, 3.63) is 179 Å². The van der Waals surface area contributed by atoms with Gasteiger partial charge in [0.05, 0.1) is 39.6 Å². The van der Waals surface area contributed by atoms with E-state index in [0.29, 0.717) is 33.0 Å². The van der Waals surface area contributed by atoms with Crippen molar-refractivity contribution in [2.24, 2.45) is 0 Å². The molecule has 6 nitrogen and oxygen atoms in total. The van der Waals surface area contributed by atoms with Crippen molar-refractivity contribution in [2.45, 2.75) is 69.2 Å². The summed E-state index contributed by atoms with van der Waals surface area (Å²) in [5, 5.41) is 0. The molecule has 0 spiro atoms. The predicted molar refractivity (Wildman–Crippen MR) is 184 cm³/mol. The van der Waals surface area contributed by atoms with Gasteiger partial charge in [0.15, 0.2) is 0 Å². The Morgan fingerprint density at radius 3 is 1.31 bits per heavy atom. The molecule has 1 saturated heterocycles. The van der Waals surface area contributed by atoms with Gasteiger partial charge in [0.25, 0.3) is 0 Å². The monoisotopic (exact) mass is 642 g/mol. The van der Waals surface area contributed by atoms with Gasteiger partial charge >= 0.3 is 0 Å². The highest BCUT2D eigenvalue weighted by Crippen LogP contribution is 2.50. The molecule has 7 rings (SSSR count). The molecule has 2 aliphatic rings. The van der Waals surface area contributed by atoms with Gasteiger partial charge in [-0.1, -0.05) is 152 Å². The summed E-state index contributed by atoms with van der Waals surface area (Å²) in [6, 6.07) is 51.0. The second-order valence-electron chi connectivity index (χ2n) is 12.5. The van der Waals surface area contributed by atoms with E-state index in [4.69, 9.17) is 28.4 Å². The number of fused-ring (bicyclic) bond motifs is 1. The Morgan fingerprint density at radius 1 is 0.438 bits per heavy atom. The smallest absolute Gasteiger partial charge is 0.149 e. The molecule has 0 N–H and O–H groups in total. The molecule has 246 valence electrons. The number of epoxide rings is 1. The zero-order valence-electron chi connectivity index (χ0n) is 27.0. The Bertz CT molecular complexity index is 1650. The topological polar surface area (TPSA) is 58.7 Å². The lowest BCUT2D eigenvalue weighted by Gasteiger charge is -2.47. The van der Waals surface area contributed by atoms with E-state index >= 15 is 0 Å². The Hall–Kier alpha value is -4.14. The van der Waals surface area contributed by atoms with Gasteiger partial charge in [-0.25, -0.2) is 0 Å². The molecular weight excluding hydrogens is 600 g/mol. The van der Waals surface area contributed by atoms with E-state index in [1.54, 1.807) is 0 Å². The van der Waals surface area contributed by atoms with Crippen molar-refractivity contribution in [3.63, 3.8) is 0 Å². The van der Waals surface area contributed by atoms with Crippen molar-refractivity contribution in [1.29, 1.82) is 0 Å². The highest BCUT2D eigenvalue weighted by Gasteiger charge is 2.71. The lowest BCUT2D eigenvalue weighted by Crippen LogP contribution is -2.67. The zero-order chi connectivity index (χ0) is 32.4. The lowest BCUT2D eigenvalue weighted by atomic mass is 9.78. The van der Waals surface area contributed by atoms with E-state index in [9.17, 15) is 0 Å². The van der Waals surface area contributed by atoms with E-state index in [2.05, 4.69) is 60.7 Å². The average molecular weight is 643 g/mol. The van der Waals surface area contributed by atoms with E-state index in [1.807, 2.05) is 91.0 Å². The molecule has 1 aliphatic carbocycles. The van der Waals surface area contributed by atoms with Crippen LogP contribution in [0.5, 0.6) is 0 Å². The van der Waals surface area contributed by atoms with Crippen LogP contribution in [0.25, 0.3) is 0 Å². The van der Waals surface area contributed by atoms with Gasteiger partial charge in [-0.2, -0.15) is 0 Å². The molecule has 5 aromatic rings. The molecule has 0 bridgehead atoms. The molecule has 0 unspecified atom stereocenters. The van der Waals surface area contributed by atoms with E-state index in [0.717, 1.165) is 27.8 Å². The van der Waals surface area contributed by atoms with E-state index < -0.39 is 17.8 Å². The number of benzene rings is 5. The summed E-state index contributed by atoms with van der Waals surface area (Å²) in [5.74, 6) is 0. The van der Waals surface area contributed by atoms with Gasteiger partial charge in [0.2, 0.25) is 0 Å². The molecule has 48 heavy (non-hydrogen) atoms. The molecule has 0 radical (unpaired) electrons. The molecule has 1 heterocycles. The van der Waals surface area contributed by atoms with Crippen LogP contribution in [0.2, 0.25) is 0 Å². The van der Waals surface area contributed by atoms with Crippen molar-refractivity contribution in [2.75, 3.05) is 6.61 Å². The minimum Gasteiger partial charge on any atom is -0.374 e. The molecular formula is C42H42O6. The van der Waals surface area contributed by atoms with Crippen molar-refractivity contribution in [1.82, 2.24) is 0 Å². The minimum absolute atomic E-state index is 0.248. The van der Waals surface area contributed by atoms with Crippen LogP contribution < -0.4 is 0 Å². The third kappa shape index (κ3) is 7.93. The molecule has 6 heteroatoms. The first-order valence-electron chi connectivity index (χ1n) is 16.7. The first kappa shape index (κ1) is 32.4. The molecule has 0 aromatic heterocycles. The SMILES string of the molecule is c1ccc(COC[C@@]2(OCc3ccccc3)[C@@H]3O[C@@H]3[C@H](OCc3ccccc3)[C@@H](OCc3ccccc3)[C@@H]2OCc2ccccc2)cc1. The molecule has 5 aromatic carbocycles. The van der Waals surface area contributed by atoms with Gasteiger partial charge in [-0.3, -0.25) is 0 Å². The van der Waals surface area contributed by atoms with Crippen LogP contribution in [0.4, 0.5) is 0 Å². The van der Waals surface area contributed by atoms with E-state index in [-0.39, 0.29) is 24.9 Å². The van der Waals surface area contributed by atoms with Crippen LogP contribution in [0.15, 0.2) is 152 Å². The van der Waals surface area contributed by atoms with Crippen molar-refractivity contribution >= 4 is 0 Å². The van der Waals surface area contributed by atoms with Crippen LogP contribution in [-0.2, 0) is 61.5 Å². The maximum atomic E-state index is 7.03. The van der Waals surface area contributed by atoms with Crippen LogP contribution in [0, 0.1) is 0 Å². The maximum Gasteiger partial charge on any atom is 0.149 e. The summed E-state index contributed by atoms with van der Waals surface area (Å²) in [4.78, 5) is 0. The van der Waals surface area contributed by atoms with Crippen LogP contribution >= 0.6 is 0 Å². The number of rotatable bonds is 16. The van der Waals surface area contributed by atoms with Crippen LogP contribution in [0.1, 0.15) is 27.8 Å². The predicted octanol–water partition coefficient (Wildman–Crippen LogP) is 7.70. The maximum absolute atomic E-state index is 7.03. The first-order valence-corrected chi connectivity index (χ1v) is 16.7. The summed E-state index contributed by atoms with van der Waals surface area (Å²) in [7, 11) is 0. The van der Waals surface area contributed by atoms with Crippen LogP contribution in [-0.4, -0.2) is 42.7 Å². The van der Waals surface area contributed by atoms with Crippen molar-refractivity contribution < 1.29 is 28.4 Å². The fourth-order valence-corrected chi connectivity index (χ4v) is 6.53. The first-order chi connectivity index (χ1) is 23.8. The Morgan fingerprint density at radius 2 is 0.833 bits per heavy atom. The standard InChI is InChI=1S/C42H42O6/c1-6-16-32(17-7-1)26-43-31-42(47-30-36-24-14-5-15-25-36)40(46-29-35-22-12-4-13-23-35)38(45-28-34-20-10-3-11-21-34)37(39-41(42)48-39)44-27-33-18-8-2-9-19-33/h1-25,37-41H,26-31H2/t37-,38-,39-,40+,41-,42+/m1/s1. The third-order valence-corrected chi connectivity index (χ3v) is 9.07. The average Bonchev–Trinajstić information content (AvgIpc) is 3.96. The highest BCUT2D eigenvalue weighted by molar-refractivity contribution is 5.23. The number of ether oxygens (including phenoxy) is 6. The van der Waals surface area contributed by atoms with E-state index in [1.165, 1.54) is 0 Å². The lowest BCUT2D eigenvalue weighted by molar-refractivity contribution is -0.257.